The molecule has 5 heteroatoms. The topological polar surface area (TPSA) is 78.6 Å². The standard InChI is InChI=1S/C15H29NO4/c1-11(2)14(17)5-7-19-9-13(16)10-20-8-6-15(18)12(3)4/h11-13H,5-10,16H2,1-4H3. The molecule has 2 N–H and O–H groups in total. The molecule has 0 fully saturated rings. The van der Waals surface area contributed by atoms with Gasteiger partial charge in [0, 0.05) is 24.7 Å². The molecular weight excluding hydrogens is 258 g/mol. The lowest BCUT2D eigenvalue weighted by Crippen LogP contribution is -2.32. The zero-order valence-corrected chi connectivity index (χ0v) is 13.2. The van der Waals surface area contributed by atoms with Gasteiger partial charge in [0.1, 0.15) is 11.6 Å². The second-order valence-corrected chi connectivity index (χ2v) is 5.65. The fraction of sp³-hybridized carbons (Fsp3) is 0.867. The van der Waals surface area contributed by atoms with Crippen LogP contribution in [0.15, 0.2) is 0 Å². The Balaban J connectivity index is 3.48. The van der Waals surface area contributed by atoms with Gasteiger partial charge >= 0.3 is 0 Å². The number of ketones is 2. The Morgan fingerprint density at radius 1 is 0.850 bits per heavy atom. The van der Waals surface area contributed by atoms with E-state index in [2.05, 4.69) is 0 Å². The largest absolute Gasteiger partial charge is 0.379 e. The van der Waals surface area contributed by atoms with E-state index in [1.54, 1.807) is 0 Å². The molecule has 0 aromatic carbocycles. The van der Waals surface area contributed by atoms with Crippen LogP contribution >= 0.6 is 0 Å². The summed E-state index contributed by atoms with van der Waals surface area (Å²) in [5, 5.41) is 0. The van der Waals surface area contributed by atoms with Crippen LogP contribution in [0.1, 0.15) is 40.5 Å². The van der Waals surface area contributed by atoms with Gasteiger partial charge in [-0.1, -0.05) is 27.7 Å². The van der Waals surface area contributed by atoms with Crippen molar-refractivity contribution in [3.63, 3.8) is 0 Å². The molecule has 20 heavy (non-hydrogen) atoms. The fourth-order valence-corrected chi connectivity index (χ4v) is 1.44. The summed E-state index contributed by atoms with van der Waals surface area (Å²) in [6.07, 6.45) is 0.849. The average Bonchev–Trinajstić information content (AvgIpc) is 2.38. The van der Waals surface area contributed by atoms with Gasteiger partial charge in [-0.2, -0.15) is 0 Å². The zero-order chi connectivity index (χ0) is 15.5. The van der Waals surface area contributed by atoms with Crippen molar-refractivity contribution in [1.82, 2.24) is 0 Å². The third kappa shape index (κ3) is 10.1. The Kier molecular flexibility index (Phi) is 10.5. The maximum absolute atomic E-state index is 11.3. The first-order valence-electron chi connectivity index (χ1n) is 7.31. The van der Waals surface area contributed by atoms with Crippen molar-refractivity contribution in [2.45, 2.75) is 46.6 Å². The van der Waals surface area contributed by atoms with Crippen LogP contribution in [0.5, 0.6) is 0 Å². The molecule has 0 atom stereocenters. The highest BCUT2D eigenvalue weighted by molar-refractivity contribution is 5.80. The lowest BCUT2D eigenvalue weighted by Gasteiger charge is -2.13. The minimum absolute atomic E-state index is 0.0501. The van der Waals surface area contributed by atoms with Gasteiger partial charge in [-0.3, -0.25) is 9.59 Å². The van der Waals surface area contributed by atoms with Crippen LogP contribution in [-0.2, 0) is 19.1 Å². The number of nitrogens with two attached hydrogens (primary N) is 1. The molecule has 0 aliphatic heterocycles. The number of carbonyl (C=O) groups excluding carboxylic acids is 2. The predicted octanol–water partition coefficient (Wildman–Crippen LogP) is 1.58. The summed E-state index contributed by atoms with van der Waals surface area (Å²) in [6, 6.07) is -0.224. The van der Waals surface area contributed by atoms with Crippen LogP contribution in [-0.4, -0.2) is 44.0 Å². The number of carbonyl (C=O) groups is 2. The van der Waals surface area contributed by atoms with Crippen molar-refractivity contribution in [3.05, 3.63) is 0 Å². The zero-order valence-electron chi connectivity index (χ0n) is 13.2. The van der Waals surface area contributed by atoms with Gasteiger partial charge < -0.3 is 15.2 Å². The molecule has 118 valence electrons. The monoisotopic (exact) mass is 287 g/mol. The molecule has 0 bridgehead atoms. The minimum Gasteiger partial charge on any atom is -0.379 e. The molecule has 0 saturated heterocycles. The summed E-state index contributed by atoms with van der Waals surface area (Å²) in [7, 11) is 0. The lowest BCUT2D eigenvalue weighted by atomic mass is 10.1. The van der Waals surface area contributed by atoms with E-state index in [1.165, 1.54) is 0 Å². The van der Waals surface area contributed by atoms with Crippen molar-refractivity contribution >= 4 is 11.6 Å². The Morgan fingerprint density at radius 3 is 1.50 bits per heavy atom. The minimum atomic E-state index is -0.224. The maximum Gasteiger partial charge on any atom is 0.137 e. The molecule has 5 nitrogen and oxygen atoms in total. The third-order valence-corrected chi connectivity index (χ3v) is 2.94. The first kappa shape index (κ1) is 19.2. The Bertz CT molecular complexity index is 262. The van der Waals surface area contributed by atoms with Gasteiger partial charge in [0.2, 0.25) is 0 Å². The van der Waals surface area contributed by atoms with Crippen LogP contribution in [0.4, 0.5) is 0 Å². The van der Waals surface area contributed by atoms with E-state index >= 15 is 0 Å². The molecule has 0 heterocycles. The molecule has 0 aliphatic carbocycles. The Labute approximate surface area is 122 Å². The van der Waals surface area contributed by atoms with Gasteiger partial charge in [0.25, 0.3) is 0 Å². The average molecular weight is 287 g/mol. The summed E-state index contributed by atoms with van der Waals surface area (Å²) in [5.74, 6) is 0.493. The molecule has 0 aromatic rings. The molecule has 0 rings (SSSR count). The van der Waals surface area contributed by atoms with E-state index in [4.69, 9.17) is 15.2 Å². The second-order valence-electron chi connectivity index (χ2n) is 5.65. The molecule has 0 amide bonds. The predicted molar refractivity (Wildman–Crippen MR) is 78.5 cm³/mol. The van der Waals surface area contributed by atoms with E-state index in [9.17, 15) is 9.59 Å². The number of ether oxygens (including phenoxy) is 2. The lowest BCUT2D eigenvalue weighted by molar-refractivity contribution is -0.123. The van der Waals surface area contributed by atoms with Crippen LogP contribution in [0, 0.1) is 11.8 Å². The van der Waals surface area contributed by atoms with Crippen molar-refractivity contribution in [3.8, 4) is 0 Å². The molecule has 0 unspecified atom stereocenters. The molecule has 0 saturated carbocycles. The van der Waals surface area contributed by atoms with Crippen LogP contribution in [0.25, 0.3) is 0 Å². The van der Waals surface area contributed by atoms with E-state index < -0.39 is 0 Å². The number of rotatable bonds is 12. The summed E-state index contributed by atoms with van der Waals surface area (Å²) in [4.78, 5) is 22.7. The quantitative estimate of drug-likeness (QED) is 0.551. The molecule has 0 radical (unpaired) electrons. The summed E-state index contributed by atoms with van der Waals surface area (Å²) in [5.41, 5.74) is 5.81. The summed E-state index contributed by atoms with van der Waals surface area (Å²) >= 11 is 0. The number of hydrogen-bond donors (Lipinski definition) is 1. The Morgan fingerprint density at radius 2 is 1.20 bits per heavy atom. The van der Waals surface area contributed by atoms with Crippen LogP contribution in [0.2, 0.25) is 0 Å². The SMILES string of the molecule is CC(C)C(=O)CCOCC(N)COCCC(=O)C(C)C. The molecular formula is C15H29NO4. The Hall–Kier alpha value is -0.780. The highest BCUT2D eigenvalue weighted by Gasteiger charge is 2.09. The van der Waals surface area contributed by atoms with Crippen molar-refractivity contribution in [2.24, 2.45) is 17.6 Å². The second kappa shape index (κ2) is 10.9. The van der Waals surface area contributed by atoms with Gasteiger partial charge in [0.05, 0.1) is 32.5 Å². The van der Waals surface area contributed by atoms with Gasteiger partial charge in [-0.25, -0.2) is 0 Å². The first-order chi connectivity index (χ1) is 9.34. The summed E-state index contributed by atoms with van der Waals surface area (Å²) in [6.45, 7) is 9.03. The maximum atomic E-state index is 11.3. The van der Waals surface area contributed by atoms with E-state index in [-0.39, 0.29) is 29.4 Å². The fourth-order valence-electron chi connectivity index (χ4n) is 1.44. The van der Waals surface area contributed by atoms with Crippen LogP contribution < -0.4 is 5.73 Å². The normalized spacial score (nSPS) is 11.6. The molecule has 0 aromatic heterocycles. The summed E-state index contributed by atoms with van der Waals surface area (Å²) < 4.78 is 10.7. The van der Waals surface area contributed by atoms with Crippen LogP contribution in [0.3, 0.4) is 0 Å². The van der Waals surface area contributed by atoms with E-state index in [0.29, 0.717) is 39.3 Å². The van der Waals surface area contributed by atoms with E-state index in [0.717, 1.165) is 0 Å². The highest BCUT2D eigenvalue weighted by atomic mass is 16.5. The van der Waals surface area contributed by atoms with Gasteiger partial charge in [-0.15, -0.1) is 0 Å². The number of Topliss-reactive ketones (excluding diaryl/α,β-unsaturated/α-hetero) is 2. The van der Waals surface area contributed by atoms with Crippen molar-refractivity contribution < 1.29 is 19.1 Å². The van der Waals surface area contributed by atoms with E-state index in [1.807, 2.05) is 27.7 Å². The molecule has 0 spiro atoms. The van der Waals surface area contributed by atoms with Gasteiger partial charge in [0.15, 0.2) is 0 Å². The smallest absolute Gasteiger partial charge is 0.137 e. The van der Waals surface area contributed by atoms with Crippen molar-refractivity contribution in [2.75, 3.05) is 26.4 Å². The third-order valence-electron chi connectivity index (χ3n) is 2.94. The van der Waals surface area contributed by atoms with Gasteiger partial charge in [-0.05, 0) is 0 Å². The van der Waals surface area contributed by atoms with Crippen molar-refractivity contribution in [1.29, 1.82) is 0 Å². The first-order valence-corrected chi connectivity index (χ1v) is 7.31. The molecule has 0 aliphatic rings. The number of hydrogen-bond acceptors (Lipinski definition) is 5. The highest BCUT2D eigenvalue weighted by Crippen LogP contribution is 2.00.